The molecule has 0 atom stereocenters. The van der Waals surface area contributed by atoms with Crippen LogP contribution in [0.5, 0.6) is 0 Å². The molecule has 0 radical (unpaired) electrons. The van der Waals surface area contributed by atoms with Gasteiger partial charge in [-0.2, -0.15) is 4.31 Å². The third kappa shape index (κ3) is 3.37. The molecule has 2 rings (SSSR count). The van der Waals surface area contributed by atoms with Gasteiger partial charge in [0, 0.05) is 35.5 Å². The number of furan rings is 1. The van der Waals surface area contributed by atoms with E-state index in [0.29, 0.717) is 18.0 Å². The van der Waals surface area contributed by atoms with E-state index in [1.807, 2.05) is 20.9 Å². The fourth-order valence-electron chi connectivity index (χ4n) is 2.11. The third-order valence-electron chi connectivity index (χ3n) is 3.32. The molecule has 1 N–H and O–H groups in total. The van der Waals surface area contributed by atoms with Crippen LogP contribution in [0.15, 0.2) is 27.7 Å². The number of thiophene rings is 1. The van der Waals surface area contributed by atoms with Crippen molar-refractivity contribution in [3.8, 4) is 0 Å². The monoisotopic (exact) mass is 328 g/mol. The molecule has 2 aromatic heterocycles. The molecule has 0 amide bonds. The molecule has 0 aliphatic heterocycles. The lowest BCUT2D eigenvalue weighted by Gasteiger charge is -2.16. The Morgan fingerprint density at radius 2 is 2.10 bits per heavy atom. The molecule has 0 bridgehead atoms. The lowest BCUT2D eigenvalue weighted by atomic mass is 10.3. The van der Waals surface area contributed by atoms with Gasteiger partial charge in [-0.05, 0) is 33.0 Å². The predicted octanol–water partition coefficient (Wildman–Crippen LogP) is 2.50. The van der Waals surface area contributed by atoms with Crippen LogP contribution in [-0.2, 0) is 23.1 Å². The van der Waals surface area contributed by atoms with Crippen LogP contribution in [0.1, 0.15) is 21.1 Å². The summed E-state index contributed by atoms with van der Waals surface area (Å²) in [6.45, 7) is 4.65. The van der Waals surface area contributed by atoms with Gasteiger partial charge in [0.25, 0.3) is 0 Å². The van der Waals surface area contributed by atoms with E-state index in [9.17, 15) is 8.42 Å². The molecular weight excluding hydrogens is 308 g/mol. The largest absolute Gasteiger partial charge is 0.469 e. The van der Waals surface area contributed by atoms with Crippen molar-refractivity contribution < 1.29 is 12.8 Å². The van der Waals surface area contributed by atoms with Gasteiger partial charge in [0.1, 0.15) is 5.76 Å². The van der Waals surface area contributed by atoms with Gasteiger partial charge in [-0.25, -0.2) is 8.42 Å². The highest BCUT2D eigenvalue weighted by molar-refractivity contribution is 7.89. The zero-order chi connectivity index (χ0) is 15.6. The summed E-state index contributed by atoms with van der Waals surface area (Å²) in [7, 11) is -0.0475. The van der Waals surface area contributed by atoms with Crippen molar-refractivity contribution in [3.63, 3.8) is 0 Å². The molecule has 0 aliphatic carbocycles. The zero-order valence-electron chi connectivity index (χ0n) is 12.6. The van der Waals surface area contributed by atoms with E-state index in [1.54, 1.807) is 25.4 Å². The highest BCUT2D eigenvalue weighted by Crippen LogP contribution is 2.28. The van der Waals surface area contributed by atoms with Crippen LogP contribution in [-0.4, -0.2) is 26.8 Å². The summed E-state index contributed by atoms with van der Waals surface area (Å²) in [5.41, 5.74) is 0.879. The molecule has 0 saturated carbocycles. The predicted molar refractivity (Wildman–Crippen MR) is 83.9 cm³/mol. The number of sulfonamides is 1. The van der Waals surface area contributed by atoms with Crippen LogP contribution in [0, 0.1) is 13.8 Å². The Balaban J connectivity index is 2.26. The van der Waals surface area contributed by atoms with E-state index in [-0.39, 0.29) is 0 Å². The maximum atomic E-state index is 12.7. The van der Waals surface area contributed by atoms with Gasteiger partial charge >= 0.3 is 0 Å². The topological polar surface area (TPSA) is 62.6 Å². The van der Waals surface area contributed by atoms with Crippen molar-refractivity contribution in [3.05, 3.63) is 39.5 Å². The van der Waals surface area contributed by atoms with Gasteiger partial charge in [-0.1, -0.05) is 0 Å². The van der Waals surface area contributed by atoms with Crippen molar-refractivity contribution in [2.45, 2.75) is 31.8 Å². The minimum atomic E-state index is -3.49. The Kier molecular flexibility index (Phi) is 4.88. The fourth-order valence-corrected chi connectivity index (χ4v) is 4.87. The van der Waals surface area contributed by atoms with Crippen LogP contribution in [0.4, 0.5) is 0 Å². The average Bonchev–Trinajstić information content (AvgIpc) is 2.97. The van der Waals surface area contributed by atoms with E-state index in [1.165, 1.54) is 15.6 Å². The second kappa shape index (κ2) is 6.31. The molecular formula is C14H20N2O3S2. The molecule has 2 heterocycles. The Labute approximate surface area is 129 Å². The lowest BCUT2D eigenvalue weighted by Crippen LogP contribution is -2.26. The number of hydrogen-bond donors (Lipinski definition) is 1. The minimum Gasteiger partial charge on any atom is -0.469 e. The van der Waals surface area contributed by atoms with Crippen molar-refractivity contribution in [2.24, 2.45) is 0 Å². The second-order valence-electron chi connectivity index (χ2n) is 4.93. The average molecular weight is 328 g/mol. The molecule has 0 fully saturated rings. The second-order valence-corrected chi connectivity index (χ2v) is 8.28. The quantitative estimate of drug-likeness (QED) is 0.885. The Hall–Kier alpha value is -1.15. The summed E-state index contributed by atoms with van der Waals surface area (Å²) in [6, 6.07) is 3.55. The molecule has 116 valence electrons. The van der Waals surface area contributed by atoms with Gasteiger partial charge in [0.15, 0.2) is 0 Å². The van der Waals surface area contributed by atoms with Gasteiger partial charge in [-0.15, -0.1) is 11.3 Å². The number of aryl methyl sites for hydroxylation is 2. The number of hydrogen-bond acceptors (Lipinski definition) is 5. The Morgan fingerprint density at radius 1 is 1.38 bits per heavy atom. The van der Waals surface area contributed by atoms with Gasteiger partial charge < -0.3 is 9.73 Å². The van der Waals surface area contributed by atoms with E-state index < -0.39 is 10.0 Å². The Morgan fingerprint density at radius 3 is 2.67 bits per heavy atom. The van der Waals surface area contributed by atoms with Gasteiger partial charge in [0.2, 0.25) is 10.0 Å². The molecule has 0 spiro atoms. The summed E-state index contributed by atoms with van der Waals surface area (Å²) in [5.74, 6) is 0.745. The molecule has 0 saturated heterocycles. The molecule has 0 aromatic carbocycles. The van der Waals surface area contributed by atoms with E-state index in [2.05, 4.69) is 5.32 Å². The fraction of sp³-hybridized carbons (Fsp3) is 0.429. The number of nitrogens with one attached hydrogen (secondary N) is 1. The van der Waals surface area contributed by atoms with Gasteiger partial charge in [0.05, 0.1) is 11.2 Å². The van der Waals surface area contributed by atoms with E-state index in [0.717, 1.165) is 21.1 Å². The van der Waals surface area contributed by atoms with Crippen LogP contribution in [0.25, 0.3) is 0 Å². The summed E-state index contributed by atoms with van der Waals surface area (Å²) in [6.07, 6.45) is 1.58. The Bertz CT molecular complexity index is 716. The van der Waals surface area contributed by atoms with Crippen molar-refractivity contribution in [1.29, 1.82) is 0 Å². The first kappa shape index (κ1) is 16.2. The van der Waals surface area contributed by atoms with Crippen LogP contribution in [0.2, 0.25) is 0 Å². The normalized spacial score (nSPS) is 12.2. The highest BCUT2D eigenvalue weighted by Gasteiger charge is 2.25. The summed E-state index contributed by atoms with van der Waals surface area (Å²) >= 11 is 1.51. The maximum absolute atomic E-state index is 12.7. The summed E-state index contributed by atoms with van der Waals surface area (Å²) < 4.78 is 32.0. The highest BCUT2D eigenvalue weighted by atomic mass is 32.2. The molecule has 2 aromatic rings. The smallest absolute Gasteiger partial charge is 0.244 e. The third-order valence-corrected chi connectivity index (χ3v) is 6.43. The van der Waals surface area contributed by atoms with Crippen LogP contribution >= 0.6 is 11.3 Å². The van der Waals surface area contributed by atoms with E-state index >= 15 is 0 Å². The maximum Gasteiger partial charge on any atom is 0.244 e. The standard InChI is InChI=1S/C14H20N2O3S2/c1-10-12(5-6-19-10)9-16(4)21(17,18)14-7-13(8-15-3)20-11(14)2/h5-7,15H,8-9H2,1-4H3. The van der Waals surface area contributed by atoms with Crippen molar-refractivity contribution >= 4 is 21.4 Å². The molecule has 0 unspecified atom stereocenters. The summed E-state index contributed by atoms with van der Waals surface area (Å²) in [5, 5.41) is 3.04. The first-order chi connectivity index (χ1) is 9.86. The first-order valence-electron chi connectivity index (χ1n) is 6.59. The molecule has 7 heteroatoms. The molecule has 0 aliphatic rings. The summed E-state index contributed by atoms with van der Waals surface area (Å²) in [4.78, 5) is 2.22. The molecule has 5 nitrogen and oxygen atoms in total. The van der Waals surface area contributed by atoms with Crippen LogP contribution < -0.4 is 5.32 Å². The van der Waals surface area contributed by atoms with Crippen molar-refractivity contribution in [1.82, 2.24) is 9.62 Å². The number of nitrogens with zero attached hydrogens (tertiary/aromatic N) is 1. The first-order valence-corrected chi connectivity index (χ1v) is 8.85. The van der Waals surface area contributed by atoms with Gasteiger partial charge in [-0.3, -0.25) is 0 Å². The zero-order valence-corrected chi connectivity index (χ0v) is 14.3. The number of rotatable bonds is 6. The van der Waals surface area contributed by atoms with Crippen LogP contribution in [0.3, 0.4) is 0 Å². The van der Waals surface area contributed by atoms with E-state index in [4.69, 9.17) is 4.42 Å². The van der Waals surface area contributed by atoms with Crippen molar-refractivity contribution in [2.75, 3.05) is 14.1 Å². The lowest BCUT2D eigenvalue weighted by molar-refractivity contribution is 0.459. The minimum absolute atomic E-state index is 0.307. The molecule has 21 heavy (non-hydrogen) atoms. The SMILES string of the molecule is CNCc1cc(S(=O)(=O)N(C)Cc2ccoc2C)c(C)s1.